The number of pyridine rings is 1. The molecule has 4 rings (SSSR count). The van der Waals surface area contributed by atoms with Gasteiger partial charge in [-0.3, -0.25) is 4.98 Å². The number of nitrogens with zero attached hydrogens (tertiary/aromatic N) is 5. The Bertz CT molecular complexity index is 1290. The number of hydrogen-bond acceptors (Lipinski definition) is 4. The van der Waals surface area contributed by atoms with Crippen LogP contribution in [0.4, 0.5) is 0 Å². The molecule has 0 aliphatic rings. The van der Waals surface area contributed by atoms with E-state index in [-0.39, 0.29) is 5.78 Å². The summed E-state index contributed by atoms with van der Waals surface area (Å²) in [6.45, 7) is -10.3. The Morgan fingerprint density at radius 3 is 2.60 bits per heavy atom. The number of hydrogen-bond donors (Lipinski definition) is 0. The molecule has 3 aromatic heterocycles. The molecule has 0 spiro atoms. The van der Waals surface area contributed by atoms with Crippen LogP contribution >= 0.6 is 0 Å². The molecule has 0 saturated heterocycles. The number of aromatic nitrogens is 5. The first-order chi connectivity index (χ1) is 15.8. The largest absolute Gasteiger partial charge is 0.264 e. The van der Waals surface area contributed by atoms with Gasteiger partial charge in [0.2, 0.25) is 0 Å². The monoisotopic (exact) mass is 338 g/mol. The average Bonchev–Trinajstić information content (AvgIpc) is 3.15. The zero-order chi connectivity index (χ0) is 24.9. The topological polar surface area (TPSA) is 56.0 Å². The van der Waals surface area contributed by atoms with E-state index in [1.165, 1.54) is 10.7 Å². The van der Waals surface area contributed by atoms with E-state index in [2.05, 4.69) is 20.1 Å². The zero-order valence-corrected chi connectivity index (χ0v) is 13.0. The van der Waals surface area contributed by atoms with E-state index in [0.717, 1.165) is 17.3 Å². The van der Waals surface area contributed by atoms with Crippen LogP contribution in [0.3, 0.4) is 0 Å². The van der Waals surface area contributed by atoms with Gasteiger partial charge in [0.15, 0.2) is 0 Å². The van der Waals surface area contributed by atoms with Crippen molar-refractivity contribution < 1.29 is 12.3 Å². The van der Waals surface area contributed by atoms with Gasteiger partial charge in [0.05, 0.1) is 23.8 Å². The van der Waals surface area contributed by atoms with Gasteiger partial charge in [-0.25, -0.2) is 9.97 Å². The van der Waals surface area contributed by atoms with Crippen LogP contribution in [0.5, 0.6) is 0 Å². The molecule has 0 radical (unpaired) electrons. The van der Waals surface area contributed by atoms with Crippen LogP contribution in [0.15, 0.2) is 61.2 Å². The molecule has 3 heterocycles. The van der Waals surface area contributed by atoms with E-state index in [4.69, 9.17) is 12.3 Å². The molecule has 0 aliphatic carbocycles. The van der Waals surface area contributed by atoms with Gasteiger partial charge < -0.3 is 0 Å². The standard InChI is InChI=1S/C20H19N5/c1-20(2,3)18-13-23-25-17(12-22-19(25)24-18)15-7-4-6-14(10-15)16-8-5-9-21-11-16/h4-13H,1-3H3/i1D3,2D3,3D3. The van der Waals surface area contributed by atoms with Crippen molar-refractivity contribution in [2.45, 2.75) is 26.0 Å². The van der Waals surface area contributed by atoms with Gasteiger partial charge >= 0.3 is 0 Å². The maximum Gasteiger partial charge on any atom is 0.251 e. The van der Waals surface area contributed by atoms with E-state index in [9.17, 15) is 0 Å². The quantitative estimate of drug-likeness (QED) is 0.551. The Labute approximate surface area is 159 Å². The van der Waals surface area contributed by atoms with Gasteiger partial charge in [-0.1, -0.05) is 44.8 Å². The molecule has 0 fully saturated rings. The van der Waals surface area contributed by atoms with Crippen molar-refractivity contribution in [2.75, 3.05) is 0 Å². The highest BCUT2D eigenvalue weighted by Gasteiger charge is 2.18. The fraction of sp³-hybridized carbons (Fsp3) is 0.200. The first-order valence-electron chi connectivity index (χ1n) is 12.0. The highest BCUT2D eigenvalue weighted by atomic mass is 15.3. The third-order valence-corrected chi connectivity index (χ3v) is 3.77. The molecule has 25 heavy (non-hydrogen) atoms. The Hall–Kier alpha value is -3.08. The second-order valence-corrected chi connectivity index (χ2v) is 5.57. The Kier molecular flexibility index (Phi) is 1.93. The summed E-state index contributed by atoms with van der Waals surface area (Å²) in [5.41, 5.74) is -0.942. The van der Waals surface area contributed by atoms with E-state index in [1.807, 2.05) is 36.4 Å². The van der Waals surface area contributed by atoms with Gasteiger partial charge in [0.1, 0.15) is 0 Å². The Morgan fingerprint density at radius 1 is 0.960 bits per heavy atom. The Morgan fingerprint density at radius 2 is 1.80 bits per heavy atom. The van der Waals surface area contributed by atoms with Crippen molar-refractivity contribution in [1.82, 2.24) is 24.6 Å². The van der Waals surface area contributed by atoms with E-state index in [1.54, 1.807) is 12.4 Å². The van der Waals surface area contributed by atoms with Crippen molar-refractivity contribution in [1.29, 1.82) is 0 Å². The van der Waals surface area contributed by atoms with Crippen LogP contribution in [0, 0.1) is 0 Å². The van der Waals surface area contributed by atoms with Crippen LogP contribution in [0.2, 0.25) is 0 Å². The van der Waals surface area contributed by atoms with Gasteiger partial charge in [0, 0.05) is 41.3 Å². The second-order valence-electron chi connectivity index (χ2n) is 5.57. The van der Waals surface area contributed by atoms with Crippen LogP contribution in [-0.4, -0.2) is 24.6 Å². The molecule has 1 aromatic carbocycles. The predicted molar refractivity (Wildman–Crippen MR) is 98.1 cm³/mol. The highest BCUT2D eigenvalue weighted by Crippen LogP contribution is 2.26. The third-order valence-electron chi connectivity index (χ3n) is 3.77. The molecular formula is C20H19N5. The molecule has 124 valence electrons. The van der Waals surface area contributed by atoms with Crippen molar-refractivity contribution in [3.63, 3.8) is 0 Å². The smallest absolute Gasteiger partial charge is 0.251 e. The van der Waals surface area contributed by atoms with Crippen LogP contribution in [0.1, 0.15) is 38.6 Å². The molecule has 0 aliphatic heterocycles. The first kappa shape index (κ1) is 8.34. The maximum atomic E-state index is 7.85. The molecule has 5 heteroatoms. The number of rotatable bonds is 2. The molecule has 0 unspecified atom stereocenters. The van der Waals surface area contributed by atoms with E-state index >= 15 is 0 Å². The minimum atomic E-state index is -3.43. The van der Waals surface area contributed by atoms with Crippen LogP contribution in [0.25, 0.3) is 28.2 Å². The summed E-state index contributed by atoms with van der Waals surface area (Å²) in [5.74, 6) is -0.124. The summed E-state index contributed by atoms with van der Waals surface area (Å²) in [5, 5.41) is 4.16. The lowest BCUT2D eigenvalue weighted by atomic mass is 9.93. The lowest BCUT2D eigenvalue weighted by Gasteiger charge is -2.16. The SMILES string of the molecule is [2H]C([2H])([2H])C(c1cnn2c(-c3cccc(-c4cccnc4)c3)cnc2n1)(C([2H])([2H])[2H])C([2H])([2H])[2H]. The molecule has 0 atom stereocenters. The van der Waals surface area contributed by atoms with Crippen molar-refractivity contribution in [3.8, 4) is 22.4 Å². The molecule has 0 saturated carbocycles. The number of fused-ring (bicyclic) bond motifs is 1. The predicted octanol–water partition coefficient (Wildman–Crippen LogP) is 4.15. The molecule has 0 bridgehead atoms. The normalized spacial score (nSPS) is 18.6. The fourth-order valence-corrected chi connectivity index (χ4v) is 2.54. The molecule has 0 N–H and O–H groups in total. The van der Waals surface area contributed by atoms with Gasteiger partial charge in [-0.05, 0) is 17.7 Å². The molecule has 0 amide bonds. The van der Waals surface area contributed by atoms with Crippen molar-refractivity contribution in [3.05, 3.63) is 66.9 Å². The minimum absolute atomic E-state index is 0.124. The summed E-state index contributed by atoms with van der Waals surface area (Å²) in [6, 6.07) is 11.2. The second kappa shape index (κ2) is 5.77. The minimum Gasteiger partial charge on any atom is -0.264 e. The maximum absolute atomic E-state index is 7.85. The summed E-state index contributed by atoms with van der Waals surface area (Å²) in [6.07, 6.45) is 5.72. The molecular weight excluding hydrogens is 310 g/mol. The number of benzene rings is 1. The fourth-order valence-electron chi connectivity index (χ4n) is 2.54. The summed E-state index contributed by atoms with van der Waals surface area (Å²) in [7, 11) is 0. The number of imidazole rings is 1. The van der Waals surface area contributed by atoms with Gasteiger partial charge in [-0.15, -0.1) is 0 Å². The van der Waals surface area contributed by atoms with E-state index < -0.39 is 31.7 Å². The summed E-state index contributed by atoms with van der Waals surface area (Å²) in [4.78, 5) is 12.3. The van der Waals surface area contributed by atoms with Crippen LogP contribution in [-0.2, 0) is 5.41 Å². The van der Waals surface area contributed by atoms with E-state index in [0.29, 0.717) is 11.3 Å². The lowest BCUT2D eigenvalue weighted by molar-refractivity contribution is 0.562. The lowest BCUT2D eigenvalue weighted by Crippen LogP contribution is -2.15. The summed E-state index contributed by atoms with van der Waals surface area (Å²) >= 11 is 0. The summed E-state index contributed by atoms with van der Waals surface area (Å²) < 4.78 is 72.0. The molecule has 5 nitrogen and oxygen atoms in total. The molecule has 4 aromatic rings. The van der Waals surface area contributed by atoms with Gasteiger partial charge in [-0.2, -0.15) is 9.61 Å². The van der Waals surface area contributed by atoms with Crippen molar-refractivity contribution >= 4 is 5.78 Å². The van der Waals surface area contributed by atoms with Gasteiger partial charge in [0.25, 0.3) is 5.78 Å². The third kappa shape index (κ3) is 2.89. The average molecular weight is 338 g/mol. The Balaban J connectivity index is 1.88. The first-order valence-corrected chi connectivity index (χ1v) is 7.49. The zero-order valence-electron chi connectivity index (χ0n) is 22.0. The van der Waals surface area contributed by atoms with Crippen molar-refractivity contribution in [2.24, 2.45) is 0 Å². The highest BCUT2D eigenvalue weighted by molar-refractivity contribution is 5.71. The van der Waals surface area contributed by atoms with Crippen LogP contribution < -0.4 is 0 Å².